The Morgan fingerprint density at radius 1 is 1.25 bits per heavy atom. The maximum absolute atomic E-state index is 6.29. The number of rotatable bonds is 2. The lowest BCUT2D eigenvalue weighted by Crippen LogP contribution is -2.60. The molecule has 0 amide bonds. The first kappa shape index (κ1) is 13.8. The number of ether oxygens (including phenoxy) is 2. The van der Waals surface area contributed by atoms with Gasteiger partial charge in [-0.1, -0.05) is 55.8 Å². The second kappa shape index (κ2) is 5.32. The summed E-state index contributed by atoms with van der Waals surface area (Å²) in [5, 5.41) is 3.58. The fourth-order valence-electron chi connectivity index (χ4n) is 3.25. The molecule has 0 aromatic heterocycles. The molecule has 3 nitrogen and oxygen atoms in total. The summed E-state index contributed by atoms with van der Waals surface area (Å²) in [4.78, 5) is 0. The Morgan fingerprint density at radius 2 is 2.00 bits per heavy atom. The average molecular weight is 273 g/mol. The molecule has 2 heterocycles. The molecule has 0 radical (unpaired) electrons. The van der Waals surface area contributed by atoms with Crippen LogP contribution in [0.5, 0.6) is 0 Å². The number of hydrogen-bond acceptors (Lipinski definition) is 3. The highest BCUT2D eigenvalue weighted by Crippen LogP contribution is 2.37. The minimum absolute atomic E-state index is 0.124. The Kier molecular flexibility index (Phi) is 3.67. The first-order valence-corrected chi connectivity index (χ1v) is 7.36. The van der Waals surface area contributed by atoms with Crippen LogP contribution < -0.4 is 5.32 Å². The monoisotopic (exact) mass is 273 g/mol. The van der Waals surface area contributed by atoms with Crippen molar-refractivity contribution in [1.29, 1.82) is 0 Å². The van der Waals surface area contributed by atoms with Crippen LogP contribution in [0.1, 0.15) is 32.6 Å². The summed E-state index contributed by atoms with van der Waals surface area (Å²) < 4.78 is 12.3. The van der Waals surface area contributed by atoms with Gasteiger partial charge in [0.2, 0.25) is 0 Å². The van der Waals surface area contributed by atoms with Gasteiger partial charge in [0.15, 0.2) is 6.29 Å². The average Bonchev–Trinajstić information content (AvgIpc) is 2.82. The third-order valence-corrected chi connectivity index (χ3v) is 4.13. The highest BCUT2D eigenvalue weighted by molar-refractivity contribution is 5.26. The SMILES string of the molecule is CC1=CC2(COC(c3ccccc3)OC2C(C)C)NC1. The van der Waals surface area contributed by atoms with Gasteiger partial charge in [0, 0.05) is 12.1 Å². The molecule has 2 aliphatic heterocycles. The zero-order chi connectivity index (χ0) is 14.2. The van der Waals surface area contributed by atoms with E-state index in [1.807, 2.05) is 18.2 Å². The highest BCUT2D eigenvalue weighted by atomic mass is 16.7. The Bertz CT molecular complexity index is 497. The third-order valence-electron chi connectivity index (χ3n) is 4.13. The van der Waals surface area contributed by atoms with E-state index in [9.17, 15) is 0 Å². The van der Waals surface area contributed by atoms with Crippen LogP contribution in [-0.4, -0.2) is 24.8 Å². The minimum Gasteiger partial charge on any atom is -0.346 e. The number of benzene rings is 1. The van der Waals surface area contributed by atoms with Crippen LogP contribution in [0.15, 0.2) is 42.0 Å². The number of hydrogen-bond donors (Lipinski definition) is 1. The van der Waals surface area contributed by atoms with Gasteiger partial charge in [0.25, 0.3) is 0 Å². The molecule has 3 rings (SSSR count). The van der Waals surface area contributed by atoms with Crippen molar-refractivity contribution in [2.45, 2.75) is 38.7 Å². The molecule has 1 aromatic rings. The van der Waals surface area contributed by atoms with Crippen LogP contribution >= 0.6 is 0 Å². The van der Waals surface area contributed by atoms with Gasteiger partial charge in [-0.3, -0.25) is 0 Å². The third kappa shape index (κ3) is 2.41. The van der Waals surface area contributed by atoms with E-state index in [4.69, 9.17) is 9.47 Å². The van der Waals surface area contributed by atoms with Gasteiger partial charge in [-0.15, -0.1) is 0 Å². The fourth-order valence-corrected chi connectivity index (χ4v) is 3.25. The van der Waals surface area contributed by atoms with Crippen LogP contribution in [0.3, 0.4) is 0 Å². The van der Waals surface area contributed by atoms with Crippen molar-refractivity contribution in [2.75, 3.05) is 13.2 Å². The molecule has 0 saturated carbocycles. The molecular formula is C17H23NO2. The van der Waals surface area contributed by atoms with E-state index in [0.717, 1.165) is 12.1 Å². The van der Waals surface area contributed by atoms with E-state index < -0.39 is 0 Å². The predicted octanol–water partition coefficient (Wildman–Crippen LogP) is 3.04. The Balaban J connectivity index is 1.84. The maximum Gasteiger partial charge on any atom is 0.184 e. The molecule has 20 heavy (non-hydrogen) atoms. The normalized spacial score (nSPS) is 33.7. The van der Waals surface area contributed by atoms with Crippen molar-refractivity contribution in [3.05, 3.63) is 47.5 Å². The summed E-state index contributed by atoms with van der Waals surface area (Å²) in [6, 6.07) is 10.2. The molecular weight excluding hydrogens is 250 g/mol. The van der Waals surface area contributed by atoms with Crippen molar-refractivity contribution in [1.82, 2.24) is 5.32 Å². The molecule has 1 saturated heterocycles. The highest BCUT2D eigenvalue weighted by Gasteiger charge is 2.47. The van der Waals surface area contributed by atoms with E-state index in [1.54, 1.807) is 0 Å². The quantitative estimate of drug-likeness (QED) is 0.840. The van der Waals surface area contributed by atoms with Crippen molar-refractivity contribution in [3.63, 3.8) is 0 Å². The molecule has 108 valence electrons. The number of nitrogens with one attached hydrogen (secondary N) is 1. The Labute approximate surface area is 121 Å². The zero-order valence-corrected chi connectivity index (χ0v) is 12.4. The van der Waals surface area contributed by atoms with Gasteiger partial charge in [-0.05, 0) is 12.8 Å². The maximum atomic E-state index is 6.29. The second-order valence-electron chi connectivity index (χ2n) is 6.24. The summed E-state index contributed by atoms with van der Waals surface area (Å²) >= 11 is 0. The molecule has 1 fully saturated rings. The van der Waals surface area contributed by atoms with E-state index >= 15 is 0 Å². The molecule has 2 aliphatic rings. The molecule has 3 heteroatoms. The lowest BCUT2D eigenvalue weighted by molar-refractivity contribution is -0.253. The Morgan fingerprint density at radius 3 is 2.60 bits per heavy atom. The summed E-state index contributed by atoms with van der Waals surface area (Å²) in [6.45, 7) is 8.16. The smallest absolute Gasteiger partial charge is 0.184 e. The molecule has 0 aliphatic carbocycles. The van der Waals surface area contributed by atoms with Crippen molar-refractivity contribution in [3.8, 4) is 0 Å². The minimum atomic E-state index is -0.259. The van der Waals surface area contributed by atoms with Crippen LogP contribution in [0, 0.1) is 5.92 Å². The van der Waals surface area contributed by atoms with E-state index in [0.29, 0.717) is 12.5 Å². The largest absolute Gasteiger partial charge is 0.346 e. The summed E-state index contributed by atoms with van der Waals surface area (Å²) in [5.74, 6) is 0.430. The summed E-state index contributed by atoms with van der Waals surface area (Å²) in [6.07, 6.45) is 2.16. The fraction of sp³-hybridized carbons (Fsp3) is 0.529. The molecule has 0 bridgehead atoms. The molecule has 1 spiro atoms. The predicted molar refractivity (Wildman–Crippen MR) is 79.3 cm³/mol. The van der Waals surface area contributed by atoms with Gasteiger partial charge in [0.1, 0.15) is 0 Å². The topological polar surface area (TPSA) is 30.5 Å². The lowest BCUT2D eigenvalue weighted by Gasteiger charge is -2.45. The van der Waals surface area contributed by atoms with Crippen LogP contribution in [-0.2, 0) is 9.47 Å². The molecule has 1 N–H and O–H groups in total. The van der Waals surface area contributed by atoms with Gasteiger partial charge in [0.05, 0.1) is 18.2 Å². The molecule has 1 aromatic carbocycles. The van der Waals surface area contributed by atoms with E-state index in [2.05, 4.69) is 44.3 Å². The first-order chi connectivity index (χ1) is 9.61. The van der Waals surface area contributed by atoms with Gasteiger partial charge in [-0.2, -0.15) is 0 Å². The van der Waals surface area contributed by atoms with Gasteiger partial charge < -0.3 is 14.8 Å². The van der Waals surface area contributed by atoms with Crippen molar-refractivity contribution in [2.24, 2.45) is 5.92 Å². The standard InChI is InChI=1S/C17H23NO2/c1-12(2)15-17(9-13(3)10-18-17)11-19-16(20-15)14-7-5-4-6-8-14/h4-9,12,15-16,18H,10-11H2,1-3H3. The van der Waals surface area contributed by atoms with Gasteiger partial charge in [-0.25, -0.2) is 0 Å². The lowest BCUT2D eigenvalue weighted by atomic mass is 9.85. The van der Waals surface area contributed by atoms with Crippen LogP contribution in [0.2, 0.25) is 0 Å². The van der Waals surface area contributed by atoms with Crippen LogP contribution in [0.4, 0.5) is 0 Å². The van der Waals surface area contributed by atoms with E-state index in [1.165, 1.54) is 5.57 Å². The van der Waals surface area contributed by atoms with Crippen molar-refractivity contribution >= 4 is 0 Å². The second-order valence-corrected chi connectivity index (χ2v) is 6.24. The zero-order valence-electron chi connectivity index (χ0n) is 12.4. The summed E-state index contributed by atoms with van der Waals surface area (Å²) in [7, 11) is 0. The first-order valence-electron chi connectivity index (χ1n) is 7.36. The molecule has 3 atom stereocenters. The van der Waals surface area contributed by atoms with Crippen LogP contribution in [0.25, 0.3) is 0 Å². The van der Waals surface area contributed by atoms with E-state index in [-0.39, 0.29) is 17.9 Å². The summed E-state index contributed by atoms with van der Waals surface area (Å²) in [5.41, 5.74) is 2.29. The van der Waals surface area contributed by atoms with Crippen molar-refractivity contribution < 1.29 is 9.47 Å². The molecule has 3 unspecified atom stereocenters. The Hall–Kier alpha value is -1.16. The van der Waals surface area contributed by atoms with Gasteiger partial charge >= 0.3 is 0 Å².